The Kier molecular flexibility index (Phi) is 6.33. The fourth-order valence-corrected chi connectivity index (χ4v) is 3.19. The van der Waals surface area contributed by atoms with E-state index in [0.29, 0.717) is 12.6 Å². The normalized spacial score (nSPS) is 20.6. The van der Waals surface area contributed by atoms with Gasteiger partial charge in [-0.15, -0.1) is 0 Å². The summed E-state index contributed by atoms with van der Waals surface area (Å²) in [6.07, 6.45) is 3.79. The fourth-order valence-electron chi connectivity index (χ4n) is 2.49. The Morgan fingerprint density at radius 1 is 1.45 bits per heavy atom. The zero-order chi connectivity index (χ0) is 14.4. The summed E-state index contributed by atoms with van der Waals surface area (Å²) in [7, 11) is 0. The van der Waals surface area contributed by atoms with Gasteiger partial charge < -0.3 is 14.8 Å². The van der Waals surface area contributed by atoms with Crippen LogP contribution in [0.5, 0.6) is 5.75 Å². The Bertz CT molecular complexity index is 419. The summed E-state index contributed by atoms with van der Waals surface area (Å²) in [4.78, 5) is 0. The van der Waals surface area contributed by atoms with Crippen LogP contribution in [0, 0.1) is 0 Å². The Labute approximate surface area is 130 Å². The molecule has 0 aliphatic carbocycles. The minimum Gasteiger partial charge on any atom is -0.491 e. The van der Waals surface area contributed by atoms with Crippen LogP contribution >= 0.6 is 15.9 Å². The molecule has 1 aromatic rings. The molecule has 4 heteroatoms. The van der Waals surface area contributed by atoms with Gasteiger partial charge in [0.25, 0.3) is 0 Å². The number of nitrogens with one attached hydrogen (secondary N) is 1. The van der Waals surface area contributed by atoms with Crippen molar-refractivity contribution in [3.8, 4) is 5.75 Å². The van der Waals surface area contributed by atoms with Gasteiger partial charge >= 0.3 is 0 Å². The zero-order valence-corrected chi connectivity index (χ0v) is 13.9. The maximum absolute atomic E-state index is 5.85. The summed E-state index contributed by atoms with van der Waals surface area (Å²) in [5.41, 5.74) is 1.26. The lowest BCUT2D eigenvalue weighted by molar-refractivity contribution is -0.0110. The van der Waals surface area contributed by atoms with Crippen molar-refractivity contribution in [1.82, 2.24) is 5.32 Å². The van der Waals surface area contributed by atoms with Gasteiger partial charge in [-0.1, -0.05) is 28.9 Å². The van der Waals surface area contributed by atoms with Crippen molar-refractivity contribution in [2.24, 2.45) is 0 Å². The molecule has 0 amide bonds. The van der Waals surface area contributed by atoms with Crippen molar-refractivity contribution < 1.29 is 9.47 Å². The molecular formula is C16H24BrNO2. The zero-order valence-electron chi connectivity index (χ0n) is 12.3. The molecule has 1 fully saturated rings. The summed E-state index contributed by atoms with van der Waals surface area (Å²) in [5, 5.41) is 3.41. The quantitative estimate of drug-likeness (QED) is 0.845. The smallest absolute Gasteiger partial charge is 0.120 e. The van der Waals surface area contributed by atoms with Crippen molar-refractivity contribution in [3.05, 3.63) is 28.2 Å². The van der Waals surface area contributed by atoms with Crippen LogP contribution in [0.4, 0.5) is 0 Å². The SMILES string of the molecule is CCNC(C)c1ccc(OCC2CCCCO2)cc1Br. The molecule has 0 bridgehead atoms. The molecule has 1 aliphatic rings. The van der Waals surface area contributed by atoms with Gasteiger partial charge in [-0.25, -0.2) is 0 Å². The summed E-state index contributed by atoms with van der Waals surface area (Å²) >= 11 is 3.63. The lowest BCUT2D eigenvalue weighted by atomic mass is 10.1. The standard InChI is InChI=1S/C16H24BrNO2/c1-3-18-12(2)15-8-7-13(10-16(15)17)20-11-14-6-4-5-9-19-14/h7-8,10,12,14,18H,3-6,9,11H2,1-2H3. The van der Waals surface area contributed by atoms with Crippen LogP contribution in [-0.2, 0) is 4.74 Å². The first-order chi connectivity index (χ1) is 9.70. The molecule has 1 aliphatic heterocycles. The minimum atomic E-state index is 0.253. The van der Waals surface area contributed by atoms with Gasteiger partial charge in [0, 0.05) is 17.1 Å². The lowest BCUT2D eigenvalue weighted by Crippen LogP contribution is -2.25. The van der Waals surface area contributed by atoms with Crippen molar-refractivity contribution in [2.45, 2.75) is 45.3 Å². The lowest BCUT2D eigenvalue weighted by Gasteiger charge is -2.23. The first-order valence-electron chi connectivity index (χ1n) is 7.48. The highest BCUT2D eigenvalue weighted by atomic mass is 79.9. The Morgan fingerprint density at radius 3 is 2.95 bits per heavy atom. The van der Waals surface area contributed by atoms with Crippen molar-refractivity contribution in [3.63, 3.8) is 0 Å². The molecule has 2 unspecified atom stereocenters. The van der Waals surface area contributed by atoms with Crippen LogP contribution in [0.3, 0.4) is 0 Å². The molecule has 20 heavy (non-hydrogen) atoms. The van der Waals surface area contributed by atoms with Crippen molar-refractivity contribution >= 4 is 15.9 Å². The highest BCUT2D eigenvalue weighted by Gasteiger charge is 2.15. The van der Waals surface area contributed by atoms with Crippen LogP contribution in [0.1, 0.15) is 44.7 Å². The Hall–Kier alpha value is -0.580. The fraction of sp³-hybridized carbons (Fsp3) is 0.625. The predicted molar refractivity (Wildman–Crippen MR) is 85.3 cm³/mol. The van der Waals surface area contributed by atoms with Crippen molar-refractivity contribution in [1.29, 1.82) is 0 Å². The largest absolute Gasteiger partial charge is 0.491 e. The van der Waals surface area contributed by atoms with Gasteiger partial charge in [-0.2, -0.15) is 0 Å². The van der Waals surface area contributed by atoms with Crippen LogP contribution in [0.2, 0.25) is 0 Å². The molecule has 1 saturated heterocycles. The van der Waals surface area contributed by atoms with E-state index in [1.54, 1.807) is 0 Å². The van der Waals surface area contributed by atoms with E-state index in [1.807, 2.05) is 12.1 Å². The van der Waals surface area contributed by atoms with E-state index in [2.05, 4.69) is 41.2 Å². The molecular weight excluding hydrogens is 318 g/mol. The number of hydrogen-bond donors (Lipinski definition) is 1. The molecule has 0 saturated carbocycles. The van der Waals surface area contributed by atoms with E-state index in [1.165, 1.54) is 18.4 Å². The third kappa shape index (κ3) is 4.47. The molecule has 1 aromatic carbocycles. The summed E-state index contributed by atoms with van der Waals surface area (Å²) in [6.45, 7) is 6.77. The van der Waals surface area contributed by atoms with Gasteiger partial charge in [0.1, 0.15) is 12.4 Å². The number of ether oxygens (including phenoxy) is 2. The van der Waals surface area contributed by atoms with E-state index in [4.69, 9.17) is 9.47 Å². The number of rotatable bonds is 6. The molecule has 0 radical (unpaired) electrons. The van der Waals surface area contributed by atoms with E-state index in [0.717, 1.165) is 29.8 Å². The summed E-state index contributed by atoms with van der Waals surface area (Å²) in [6, 6.07) is 6.54. The monoisotopic (exact) mass is 341 g/mol. The molecule has 1 heterocycles. The molecule has 3 nitrogen and oxygen atoms in total. The maximum Gasteiger partial charge on any atom is 0.120 e. The molecule has 112 valence electrons. The topological polar surface area (TPSA) is 30.5 Å². The Balaban J connectivity index is 1.91. The van der Waals surface area contributed by atoms with Crippen molar-refractivity contribution in [2.75, 3.05) is 19.8 Å². The molecule has 0 aromatic heterocycles. The van der Waals surface area contributed by atoms with Gasteiger partial charge in [0.2, 0.25) is 0 Å². The average molecular weight is 342 g/mol. The molecule has 2 atom stereocenters. The van der Waals surface area contributed by atoms with Crippen LogP contribution in [0.15, 0.2) is 22.7 Å². The molecule has 1 N–H and O–H groups in total. The Morgan fingerprint density at radius 2 is 2.30 bits per heavy atom. The third-order valence-corrected chi connectivity index (χ3v) is 4.35. The van der Waals surface area contributed by atoms with Crippen LogP contribution in [-0.4, -0.2) is 25.9 Å². The highest BCUT2D eigenvalue weighted by molar-refractivity contribution is 9.10. The van der Waals surface area contributed by atoms with Gasteiger partial charge in [0.15, 0.2) is 0 Å². The summed E-state index contributed by atoms with van der Waals surface area (Å²) < 4.78 is 12.6. The van der Waals surface area contributed by atoms with E-state index in [-0.39, 0.29) is 6.10 Å². The second-order valence-corrected chi connectivity index (χ2v) is 6.12. The molecule has 0 spiro atoms. The average Bonchev–Trinajstić information content (AvgIpc) is 2.46. The van der Waals surface area contributed by atoms with Gasteiger partial charge in [-0.05, 0) is 50.4 Å². The van der Waals surface area contributed by atoms with E-state index < -0.39 is 0 Å². The predicted octanol–water partition coefficient (Wildman–Crippen LogP) is 4.07. The van der Waals surface area contributed by atoms with Crippen LogP contribution in [0.25, 0.3) is 0 Å². The minimum absolute atomic E-state index is 0.253. The maximum atomic E-state index is 5.85. The second-order valence-electron chi connectivity index (χ2n) is 5.26. The number of hydrogen-bond acceptors (Lipinski definition) is 3. The second kappa shape index (κ2) is 8.01. The molecule has 2 rings (SSSR count). The van der Waals surface area contributed by atoms with Crippen LogP contribution < -0.4 is 10.1 Å². The van der Waals surface area contributed by atoms with Gasteiger partial charge in [0.05, 0.1) is 6.10 Å². The van der Waals surface area contributed by atoms with E-state index in [9.17, 15) is 0 Å². The van der Waals surface area contributed by atoms with E-state index >= 15 is 0 Å². The summed E-state index contributed by atoms with van der Waals surface area (Å²) in [5.74, 6) is 0.901. The third-order valence-electron chi connectivity index (χ3n) is 3.66. The number of halogens is 1. The first-order valence-corrected chi connectivity index (χ1v) is 8.27. The van der Waals surface area contributed by atoms with Gasteiger partial charge in [-0.3, -0.25) is 0 Å². The highest BCUT2D eigenvalue weighted by Crippen LogP contribution is 2.28. The number of benzene rings is 1. The first kappa shape index (κ1) is 15.8.